The van der Waals surface area contributed by atoms with Crippen LogP contribution in [-0.4, -0.2) is 31.5 Å². The van der Waals surface area contributed by atoms with E-state index in [1.807, 2.05) is 6.92 Å². The number of ether oxygens (including phenoxy) is 1. The molecular weight excluding hydrogens is 280 g/mol. The molecule has 0 aliphatic carbocycles. The van der Waals surface area contributed by atoms with Gasteiger partial charge in [-0.2, -0.15) is 0 Å². The summed E-state index contributed by atoms with van der Waals surface area (Å²) in [6, 6.07) is 5.31. The molecule has 110 valence electrons. The number of rotatable bonds is 7. The van der Waals surface area contributed by atoms with E-state index in [2.05, 4.69) is 10.6 Å². The smallest absolute Gasteiger partial charge is 0.257 e. The highest BCUT2D eigenvalue weighted by atomic mass is 35.5. The normalized spacial score (nSPS) is 9.95. The third-order valence-electron chi connectivity index (χ3n) is 2.63. The second kappa shape index (κ2) is 8.43. The van der Waals surface area contributed by atoms with E-state index in [9.17, 15) is 9.59 Å². The van der Waals surface area contributed by atoms with Gasteiger partial charge in [0.25, 0.3) is 5.91 Å². The zero-order valence-electron chi connectivity index (χ0n) is 11.7. The minimum atomic E-state index is -0.202. The molecule has 0 aromatic heterocycles. The van der Waals surface area contributed by atoms with Crippen LogP contribution < -0.4 is 15.4 Å². The molecule has 1 aromatic rings. The highest BCUT2D eigenvalue weighted by molar-refractivity contribution is 6.31. The minimum absolute atomic E-state index is 0.0542. The number of benzene rings is 1. The lowest BCUT2D eigenvalue weighted by atomic mass is 10.2. The molecule has 1 aromatic carbocycles. The Kier molecular flexibility index (Phi) is 6.87. The number of hydrogen-bond acceptors (Lipinski definition) is 3. The van der Waals surface area contributed by atoms with Gasteiger partial charge in [0, 0.05) is 30.6 Å². The van der Waals surface area contributed by atoms with Crippen molar-refractivity contribution in [2.45, 2.75) is 20.3 Å². The van der Waals surface area contributed by atoms with Gasteiger partial charge in [0.2, 0.25) is 5.91 Å². The molecule has 0 aliphatic heterocycles. The molecule has 0 bridgehead atoms. The van der Waals surface area contributed by atoms with Gasteiger partial charge < -0.3 is 15.4 Å². The summed E-state index contributed by atoms with van der Waals surface area (Å²) >= 11 is 5.96. The highest BCUT2D eigenvalue weighted by Gasteiger charge is 2.06. The molecule has 5 nitrogen and oxygen atoms in total. The van der Waals surface area contributed by atoms with E-state index in [0.29, 0.717) is 30.3 Å². The van der Waals surface area contributed by atoms with Crippen LogP contribution in [0, 0.1) is 6.92 Å². The van der Waals surface area contributed by atoms with Crippen LogP contribution >= 0.6 is 11.6 Å². The minimum Gasteiger partial charge on any atom is -0.483 e. The van der Waals surface area contributed by atoms with Crippen LogP contribution in [0.1, 0.15) is 18.9 Å². The maximum atomic E-state index is 11.6. The lowest BCUT2D eigenvalue weighted by molar-refractivity contribution is -0.123. The van der Waals surface area contributed by atoms with Crippen LogP contribution in [0.3, 0.4) is 0 Å². The molecule has 0 atom stereocenters. The Labute approximate surface area is 123 Å². The molecule has 0 fully saturated rings. The fourth-order valence-corrected chi connectivity index (χ4v) is 1.68. The average molecular weight is 299 g/mol. The van der Waals surface area contributed by atoms with Gasteiger partial charge in [0.1, 0.15) is 5.75 Å². The van der Waals surface area contributed by atoms with Gasteiger partial charge >= 0.3 is 0 Å². The number of carbonyl (C=O) groups excluding carboxylic acids is 2. The predicted octanol–water partition coefficient (Wildman–Crippen LogP) is 1.67. The van der Waals surface area contributed by atoms with Crippen molar-refractivity contribution in [2.24, 2.45) is 0 Å². The van der Waals surface area contributed by atoms with Crippen LogP contribution in [0.5, 0.6) is 5.75 Å². The van der Waals surface area contributed by atoms with Crippen LogP contribution in [0.25, 0.3) is 0 Å². The Balaban J connectivity index is 2.23. The molecule has 0 heterocycles. The lowest BCUT2D eigenvalue weighted by Crippen LogP contribution is -2.32. The third kappa shape index (κ3) is 5.93. The van der Waals surface area contributed by atoms with E-state index in [1.165, 1.54) is 6.92 Å². The maximum absolute atomic E-state index is 11.6. The molecule has 0 spiro atoms. The van der Waals surface area contributed by atoms with Crippen molar-refractivity contribution in [3.8, 4) is 5.75 Å². The van der Waals surface area contributed by atoms with Gasteiger partial charge in [-0.05, 0) is 25.5 Å². The third-order valence-corrected chi connectivity index (χ3v) is 3.04. The fraction of sp³-hybridized carbons (Fsp3) is 0.429. The summed E-state index contributed by atoms with van der Waals surface area (Å²) in [7, 11) is 0. The first kappa shape index (κ1) is 16.3. The maximum Gasteiger partial charge on any atom is 0.257 e. The summed E-state index contributed by atoms with van der Waals surface area (Å²) < 4.78 is 5.41. The molecule has 20 heavy (non-hydrogen) atoms. The summed E-state index contributed by atoms with van der Waals surface area (Å²) in [6.07, 6.45) is 0.682. The number of hydrogen-bond donors (Lipinski definition) is 2. The summed E-state index contributed by atoms with van der Waals surface area (Å²) in [5.41, 5.74) is 0.813. The van der Waals surface area contributed by atoms with Gasteiger partial charge in [0.05, 0.1) is 0 Å². The molecule has 2 amide bonds. The SMILES string of the molecule is CC(=O)NCCCNC(=O)COc1cccc(Cl)c1C. The Morgan fingerprint density at radius 1 is 1.25 bits per heavy atom. The van der Waals surface area contributed by atoms with Gasteiger partial charge in [-0.3, -0.25) is 9.59 Å². The Bertz CT molecular complexity index is 477. The molecule has 0 saturated carbocycles. The number of nitrogens with one attached hydrogen (secondary N) is 2. The lowest BCUT2D eigenvalue weighted by Gasteiger charge is -2.10. The molecule has 0 unspecified atom stereocenters. The Morgan fingerprint density at radius 2 is 1.95 bits per heavy atom. The van der Waals surface area contributed by atoms with E-state index in [1.54, 1.807) is 18.2 Å². The van der Waals surface area contributed by atoms with Crippen molar-refractivity contribution in [3.63, 3.8) is 0 Å². The molecule has 6 heteroatoms. The van der Waals surface area contributed by atoms with Crippen molar-refractivity contribution in [2.75, 3.05) is 19.7 Å². The fourth-order valence-electron chi connectivity index (χ4n) is 1.52. The van der Waals surface area contributed by atoms with Gasteiger partial charge in [-0.15, -0.1) is 0 Å². The first-order valence-corrected chi connectivity index (χ1v) is 6.77. The van der Waals surface area contributed by atoms with Crippen molar-refractivity contribution >= 4 is 23.4 Å². The number of amides is 2. The van der Waals surface area contributed by atoms with Crippen molar-refractivity contribution in [1.82, 2.24) is 10.6 Å². The Morgan fingerprint density at radius 3 is 2.65 bits per heavy atom. The van der Waals surface area contributed by atoms with Gasteiger partial charge in [-0.25, -0.2) is 0 Å². The standard InChI is InChI=1S/C14H19ClN2O3/c1-10-12(15)5-3-6-13(10)20-9-14(19)17-8-4-7-16-11(2)18/h3,5-6H,4,7-9H2,1-2H3,(H,16,18)(H,17,19). The Hall–Kier alpha value is -1.75. The zero-order valence-corrected chi connectivity index (χ0v) is 12.4. The molecular formula is C14H19ClN2O3. The van der Waals surface area contributed by atoms with E-state index < -0.39 is 0 Å². The van der Waals surface area contributed by atoms with Crippen molar-refractivity contribution in [1.29, 1.82) is 0 Å². The summed E-state index contributed by atoms with van der Waals surface area (Å²) in [6.45, 7) is 4.28. The first-order valence-electron chi connectivity index (χ1n) is 6.39. The predicted molar refractivity (Wildman–Crippen MR) is 78.0 cm³/mol. The van der Waals surface area contributed by atoms with E-state index >= 15 is 0 Å². The second-order valence-electron chi connectivity index (χ2n) is 4.34. The topological polar surface area (TPSA) is 67.4 Å². The molecule has 2 N–H and O–H groups in total. The highest BCUT2D eigenvalue weighted by Crippen LogP contribution is 2.24. The largest absolute Gasteiger partial charge is 0.483 e. The van der Waals surface area contributed by atoms with E-state index in [-0.39, 0.29) is 18.4 Å². The molecule has 0 radical (unpaired) electrons. The average Bonchev–Trinajstić information content (AvgIpc) is 2.39. The molecule has 0 aliphatic rings. The van der Waals surface area contributed by atoms with Crippen LogP contribution in [0.4, 0.5) is 0 Å². The van der Waals surface area contributed by atoms with Gasteiger partial charge in [0.15, 0.2) is 6.61 Å². The summed E-state index contributed by atoms with van der Waals surface area (Å²) in [4.78, 5) is 22.2. The quantitative estimate of drug-likeness (QED) is 0.753. The van der Waals surface area contributed by atoms with E-state index in [0.717, 1.165) is 5.56 Å². The zero-order chi connectivity index (χ0) is 15.0. The van der Waals surface area contributed by atoms with Crippen LogP contribution in [0.2, 0.25) is 5.02 Å². The number of carbonyl (C=O) groups is 2. The summed E-state index contributed by atoms with van der Waals surface area (Å²) in [5.74, 6) is 0.328. The monoisotopic (exact) mass is 298 g/mol. The van der Waals surface area contributed by atoms with Crippen molar-refractivity contribution in [3.05, 3.63) is 28.8 Å². The molecule has 0 saturated heterocycles. The van der Waals surface area contributed by atoms with Crippen LogP contribution in [-0.2, 0) is 9.59 Å². The second-order valence-corrected chi connectivity index (χ2v) is 4.75. The summed E-state index contributed by atoms with van der Waals surface area (Å²) in [5, 5.41) is 5.98. The van der Waals surface area contributed by atoms with Gasteiger partial charge in [-0.1, -0.05) is 17.7 Å². The van der Waals surface area contributed by atoms with Crippen LogP contribution in [0.15, 0.2) is 18.2 Å². The number of halogens is 1. The van der Waals surface area contributed by atoms with Crippen molar-refractivity contribution < 1.29 is 14.3 Å². The van der Waals surface area contributed by atoms with E-state index in [4.69, 9.17) is 16.3 Å². The molecule has 1 rings (SSSR count). The first-order chi connectivity index (χ1) is 9.50.